The van der Waals surface area contributed by atoms with Gasteiger partial charge in [0.25, 0.3) is 0 Å². The van der Waals surface area contributed by atoms with E-state index >= 15 is 0 Å². The lowest BCUT2D eigenvalue weighted by molar-refractivity contribution is -0.274. The highest BCUT2D eigenvalue weighted by Gasteiger charge is 2.31. The maximum Gasteiger partial charge on any atom is 0.573 e. The van der Waals surface area contributed by atoms with E-state index in [9.17, 15) is 13.2 Å². The third kappa shape index (κ3) is 3.70. The van der Waals surface area contributed by atoms with Crippen molar-refractivity contribution in [2.75, 3.05) is 5.32 Å². The molecule has 3 aromatic rings. The van der Waals surface area contributed by atoms with Gasteiger partial charge in [0.05, 0.1) is 6.33 Å². The molecule has 0 spiro atoms. The van der Waals surface area contributed by atoms with Gasteiger partial charge >= 0.3 is 6.36 Å². The fraction of sp³-hybridized carbons (Fsp3) is 0.267. The number of hydrogen-bond donors (Lipinski definition) is 1. The number of hydrogen-bond acceptors (Lipinski definition) is 5. The van der Waals surface area contributed by atoms with E-state index in [4.69, 9.17) is 11.6 Å². The van der Waals surface area contributed by atoms with Crippen LogP contribution in [0.25, 0.3) is 11.2 Å². The molecule has 4 rings (SSSR count). The van der Waals surface area contributed by atoms with Gasteiger partial charge in [0, 0.05) is 22.3 Å². The second-order valence-corrected chi connectivity index (χ2v) is 7.00. The van der Waals surface area contributed by atoms with E-state index in [2.05, 4.69) is 40.9 Å². The molecule has 6 nitrogen and oxygen atoms in total. The Kier molecular flexibility index (Phi) is 4.19. The Morgan fingerprint density at radius 3 is 2.69 bits per heavy atom. The van der Waals surface area contributed by atoms with Crippen LogP contribution in [0, 0.1) is 0 Å². The van der Waals surface area contributed by atoms with Crippen LogP contribution < -0.4 is 10.1 Å². The van der Waals surface area contributed by atoms with Gasteiger partial charge in [0.1, 0.15) is 5.75 Å². The third-order valence-corrected chi connectivity index (χ3v) is 4.33. The molecule has 0 radical (unpaired) electrons. The number of rotatable bonds is 4. The minimum absolute atomic E-state index is 0.0177. The van der Waals surface area contributed by atoms with E-state index in [-0.39, 0.29) is 11.0 Å². The maximum absolute atomic E-state index is 12.5. The van der Waals surface area contributed by atoms with E-state index in [0.29, 0.717) is 33.2 Å². The molecule has 136 valence electrons. The predicted octanol–water partition coefficient (Wildman–Crippen LogP) is 5.22. The van der Waals surface area contributed by atoms with Crippen molar-refractivity contribution in [3.8, 4) is 5.75 Å². The fourth-order valence-electron chi connectivity index (χ4n) is 2.56. The number of nitrogens with one attached hydrogen (secondary N) is 1. The smallest absolute Gasteiger partial charge is 0.406 e. The normalized spacial score (nSPS) is 14.7. The van der Waals surface area contributed by atoms with Gasteiger partial charge in [-0.05, 0) is 36.6 Å². The molecule has 1 N–H and O–H groups in total. The van der Waals surface area contributed by atoms with Crippen molar-refractivity contribution in [2.45, 2.75) is 25.2 Å². The average Bonchev–Trinajstić information content (AvgIpc) is 3.25. The molecule has 0 atom stereocenters. The maximum atomic E-state index is 12.5. The summed E-state index contributed by atoms with van der Waals surface area (Å²) in [5.74, 6) is -0.0651. The molecule has 1 aromatic carbocycles. The summed E-state index contributed by atoms with van der Waals surface area (Å²) in [6.07, 6.45) is -1.04. The van der Waals surface area contributed by atoms with E-state index < -0.39 is 6.36 Å². The number of halogens is 5. The third-order valence-electron chi connectivity index (χ3n) is 3.70. The molecule has 1 aliphatic carbocycles. The Labute approximate surface area is 158 Å². The Balaban J connectivity index is 1.71. The molecule has 0 aliphatic heterocycles. The highest BCUT2D eigenvalue weighted by Crippen LogP contribution is 2.38. The largest absolute Gasteiger partial charge is 0.573 e. The molecule has 2 aromatic heterocycles. The number of imidazole rings is 1. The first-order valence-electron chi connectivity index (χ1n) is 7.52. The first kappa shape index (κ1) is 17.3. The highest BCUT2D eigenvalue weighted by atomic mass is 79.9. The minimum atomic E-state index is -4.79. The highest BCUT2D eigenvalue weighted by molar-refractivity contribution is 9.10. The first-order chi connectivity index (χ1) is 12.3. The van der Waals surface area contributed by atoms with Crippen molar-refractivity contribution in [1.29, 1.82) is 0 Å². The first-order valence-corrected chi connectivity index (χ1v) is 8.69. The van der Waals surface area contributed by atoms with Crippen molar-refractivity contribution >= 4 is 50.2 Å². The van der Waals surface area contributed by atoms with E-state index in [1.165, 1.54) is 12.1 Å². The topological polar surface area (TPSA) is 64.9 Å². The number of ether oxygens (including phenoxy) is 1. The monoisotopic (exact) mass is 447 g/mol. The van der Waals surface area contributed by atoms with Gasteiger partial charge in [-0.15, -0.1) is 13.2 Å². The predicted molar refractivity (Wildman–Crippen MR) is 92.7 cm³/mol. The van der Waals surface area contributed by atoms with Gasteiger partial charge in [-0.3, -0.25) is 0 Å². The molecule has 1 saturated carbocycles. The summed E-state index contributed by atoms with van der Waals surface area (Å²) in [7, 11) is 0. The number of nitrogens with zero attached hydrogens (tertiary/aromatic N) is 4. The molecule has 11 heteroatoms. The Morgan fingerprint density at radius 1 is 1.23 bits per heavy atom. The summed E-state index contributed by atoms with van der Waals surface area (Å²) in [5.41, 5.74) is 1.40. The number of benzene rings is 1. The van der Waals surface area contributed by atoms with Crippen LogP contribution in [0.3, 0.4) is 0 Å². The quantitative estimate of drug-likeness (QED) is 0.555. The van der Waals surface area contributed by atoms with Crippen LogP contribution in [0.1, 0.15) is 18.9 Å². The number of alkyl halides is 3. The van der Waals surface area contributed by atoms with Crippen LogP contribution in [0.4, 0.5) is 24.7 Å². The molecule has 0 unspecified atom stereocenters. The van der Waals surface area contributed by atoms with Crippen LogP contribution in [0.5, 0.6) is 5.75 Å². The molecule has 1 fully saturated rings. The minimum Gasteiger partial charge on any atom is -0.406 e. The van der Waals surface area contributed by atoms with Crippen molar-refractivity contribution < 1.29 is 17.9 Å². The molecule has 26 heavy (non-hydrogen) atoms. The van der Waals surface area contributed by atoms with Gasteiger partial charge in [-0.2, -0.15) is 9.97 Å². The van der Waals surface area contributed by atoms with Crippen molar-refractivity contribution in [3.05, 3.63) is 34.3 Å². The Hall–Kier alpha value is -2.07. The average molecular weight is 449 g/mol. The summed E-state index contributed by atoms with van der Waals surface area (Å²) in [6.45, 7) is 0. The van der Waals surface area contributed by atoms with Crippen molar-refractivity contribution in [3.63, 3.8) is 0 Å². The molecule has 0 saturated heterocycles. The molecule has 0 amide bonds. The number of anilines is 2. The summed E-state index contributed by atoms with van der Waals surface area (Å²) >= 11 is 9.17. The second kappa shape index (κ2) is 6.27. The van der Waals surface area contributed by atoms with E-state index in [0.717, 1.165) is 12.8 Å². The Morgan fingerprint density at radius 2 is 2.00 bits per heavy atom. The van der Waals surface area contributed by atoms with Crippen LogP contribution in [-0.4, -0.2) is 25.9 Å². The summed E-state index contributed by atoms with van der Waals surface area (Å²) in [4.78, 5) is 12.6. The zero-order valence-electron chi connectivity index (χ0n) is 12.9. The molecule has 1 aliphatic rings. The van der Waals surface area contributed by atoms with Gasteiger partial charge in [-0.1, -0.05) is 15.9 Å². The lowest BCUT2D eigenvalue weighted by Gasteiger charge is -2.12. The van der Waals surface area contributed by atoms with Gasteiger partial charge < -0.3 is 14.6 Å². The van der Waals surface area contributed by atoms with Gasteiger partial charge in [0.2, 0.25) is 5.28 Å². The van der Waals surface area contributed by atoms with Gasteiger partial charge in [-0.25, -0.2) is 4.98 Å². The van der Waals surface area contributed by atoms with Crippen molar-refractivity contribution in [1.82, 2.24) is 19.5 Å². The fourth-order valence-corrected chi connectivity index (χ4v) is 3.20. The lowest BCUT2D eigenvalue weighted by atomic mass is 10.3. The SMILES string of the molecule is FC(F)(F)Oc1cc(Br)cc(Nc2nc(Cl)nc3c2ncn3C2CC2)c1. The number of fused-ring (bicyclic) bond motifs is 1. The van der Waals surface area contributed by atoms with Crippen LogP contribution in [0.2, 0.25) is 5.28 Å². The standard InChI is InChI=1S/C15H10BrClF3N5O/c16-7-3-8(5-10(4-7)26-15(18,19)20)22-12-11-13(24-14(17)23-12)25(6-21-11)9-1-2-9/h3-6,9H,1-2H2,(H,22,23,24). The summed E-state index contributed by atoms with van der Waals surface area (Å²) in [6, 6.07) is 4.35. The van der Waals surface area contributed by atoms with E-state index in [1.54, 1.807) is 12.4 Å². The lowest BCUT2D eigenvalue weighted by Crippen LogP contribution is -2.17. The zero-order valence-corrected chi connectivity index (χ0v) is 15.2. The summed E-state index contributed by atoms with van der Waals surface area (Å²) < 4.78 is 43.7. The number of aromatic nitrogens is 4. The molecular weight excluding hydrogens is 439 g/mol. The molecular formula is C15H10BrClF3N5O. The van der Waals surface area contributed by atoms with Crippen LogP contribution >= 0.6 is 27.5 Å². The Bertz CT molecular complexity index is 989. The molecule has 0 bridgehead atoms. The van der Waals surface area contributed by atoms with E-state index in [1.807, 2.05) is 4.57 Å². The van der Waals surface area contributed by atoms with Crippen LogP contribution in [0.15, 0.2) is 29.0 Å². The second-order valence-electron chi connectivity index (χ2n) is 5.74. The zero-order chi connectivity index (χ0) is 18.5. The van der Waals surface area contributed by atoms with Gasteiger partial charge in [0.15, 0.2) is 17.0 Å². The summed E-state index contributed by atoms with van der Waals surface area (Å²) in [5, 5.41) is 2.96. The van der Waals surface area contributed by atoms with Crippen molar-refractivity contribution in [2.24, 2.45) is 0 Å². The molecule has 2 heterocycles. The van der Waals surface area contributed by atoms with Crippen LogP contribution in [-0.2, 0) is 0 Å².